The lowest BCUT2D eigenvalue weighted by Gasteiger charge is -2.13. The van der Waals surface area contributed by atoms with Gasteiger partial charge >= 0.3 is 0 Å². The molecule has 2 N–H and O–H groups in total. The standard InChI is InChI=1S/C24H29N7/c1-3-25-24(27-16-18-30-19(2)29-22-7-4-5-8-23(22)30)26-15-13-20-9-11-21(12-10-20)31-17-6-14-28-31/h4-12,14,17H,3,13,15-16,18H2,1-2H3,(H2,25,26,27). The summed E-state index contributed by atoms with van der Waals surface area (Å²) in [6, 6.07) is 18.6. The Kier molecular flexibility index (Phi) is 6.62. The van der Waals surface area contributed by atoms with Crippen molar-refractivity contribution < 1.29 is 0 Å². The fourth-order valence-corrected chi connectivity index (χ4v) is 3.64. The number of rotatable bonds is 8. The van der Waals surface area contributed by atoms with Gasteiger partial charge in [-0.1, -0.05) is 24.3 Å². The molecule has 0 atom stereocenters. The van der Waals surface area contributed by atoms with Gasteiger partial charge in [-0.2, -0.15) is 5.10 Å². The SMILES string of the molecule is CCNC(=NCCc1ccc(-n2cccn2)cc1)NCCn1c(C)nc2ccccc21. The van der Waals surface area contributed by atoms with Gasteiger partial charge in [0.25, 0.3) is 0 Å². The van der Waals surface area contributed by atoms with E-state index in [4.69, 9.17) is 4.99 Å². The zero-order valence-corrected chi connectivity index (χ0v) is 18.1. The first-order valence-corrected chi connectivity index (χ1v) is 10.8. The molecule has 0 aliphatic rings. The van der Waals surface area contributed by atoms with Crippen LogP contribution in [-0.2, 0) is 13.0 Å². The highest BCUT2D eigenvalue weighted by Gasteiger charge is 2.06. The van der Waals surface area contributed by atoms with Crippen LogP contribution in [0.4, 0.5) is 0 Å². The van der Waals surface area contributed by atoms with Crippen LogP contribution < -0.4 is 10.6 Å². The molecule has 0 saturated carbocycles. The average molecular weight is 416 g/mol. The van der Waals surface area contributed by atoms with Crippen molar-refractivity contribution in [1.29, 1.82) is 0 Å². The largest absolute Gasteiger partial charge is 0.357 e. The number of guanidine groups is 1. The minimum Gasteiger partial charge on any atom is -0.357 e. The molecular weight excluding hydrogens is 386 g/mol. The Morgan fingerprint density at radius 1 is 1.03 bits per heavy atom. The van der Waals surface area contributed by atoms with Crippen molar-refractivity contribution in [3.63, 3.8) is 0 Å². The molecule has 7 heteroatoms. The van der Waals surface area contributed by atoms with Gasteiger partial charge in [-0.3, -0.25) is 4.99 Å². The van der Waals surface area contributed by atoms with E-state index in [-0.39, 0.29) is 0 Å². The Labute approximate surface area is 182 Å². The van der Waals surface area contributed by atoms with E-state index < -0.39 is 0 Å². The van der Waals surface area contributed by atoms with E-state index in [1.165, 1.54) is 11.1 Å². The van der Waals surface area contributed by atoms with Gasteiger partial charge < -0.3 is 15.2 Å². The number of imidazole rings is 1. The molecule has 0 fully saturated rings. The number of nitrogens with zero attached hydrogens (tertiary/aromatic N) is 5. The summed E-state index contributed by atoms with van der Waals surface area (Å²) in [5, 5.41) is 11.0. The van der Waals surface area contributed by atoms with Gasteiger partial charge in [-0.05, 0) is 56.2 Å². The zero-order chi connectivity index (χ0) is 21.5. The Balaban J connectivity index is 1.31. The average Bonchev–Trinajstić information content (AvgIpc) is 3.43. The van der Waals surface area contributed by atoms with Gasteiger partial charge in [-0.15, -0.1) is 0 Å². The number of aliphatic imine (C=N–C) groups is 1. The first-order chi connectivity index (χ1) is 15.2. The molecule has 2 aromatic heterocycles. The van der Waals surface area contributed by atoms with Crippen molar-refractivity contribution in [2.75, 3.05) is 19.6 Å². The topological polar surface area (TPSA) is 72.1 Å². The molecular formula is C24H29N7. The zero-order valence-electron chi connectivity index (χ0n) is 18.1. The molecule has 31 heavy (non-hydrogen) atoms. The Bertz CT molecular complexity index is 1120. The van der Waals surface area contributed by atoms with E-state index in [1.807, 2.05) is 23.0 Å². The monoisotopic (exact) mass is 415 g/mol. The van der Waals surface area contributed by atoms with E-state index >= 15 is 0 Å². The van der Waals surface area contributed by atoms with Crippen LogP contribution in [0.2, 0.25) is 0 Å². The van der Waals surface area contributed by atoms with Gasteiger partial charge in [0.1, 0.15) is 5.82 Å². The fourth-order valence-electron chi connectivity index (χ4n) is 3.64. The lowest BCUT2D eigenvalue weighted by molar-refractivity contribution is 0.660. The van der Waals surface area contributed by atoms with Crippen molar-refractivity contribution in [2.45, 2.75) is 26.8 Å². The molecule has 0 amide bonds. The number of hydrogen-bond acceptors (Lipinski definition) is 3. The second-order valence-electron chi connectivity index (χ2n) is 7.35. The van der Waals surface area contributed by atoms with E-state index in [2.05, 4.69) is 81.6 Å². The number of para-hydroxylation sites is 2. The molecule has 160 valence electrons. The third-order valence-corrected chi connectivity index (χ3v) is 5.19. The Hall–Kier alpha value is -3.61. The van der Waals surface area contributed by atoms with Crippen molar-refractivity contribution in [2.24, 2.45) is 4.99 Å². The van der Waals surface area contributed by atoms with Crippen LogP contribution in [0.25, 0.3) is 16.7 Å². The van der Waals surface area contributed by atoms with Gasteiger partial charge in [0.15, 0.2) is 5.96 Å². The van der Waals surface area contributed by atoms with Crippen LogP contribution in [0.5, 0.6) is 0 Å². The van der Waals surface area contributed by atoms with Crippen molar-refractivity contribution in [3.05, 3.63) is 78.4 Å². The summed E-state index contributed by atoms with van der Waals surface area (Å²) in [6.07, 6.45) is 4.62. The normalized spacial score (nSPS) is 11.7. The first kappa shape index (κ1) is 20.7. The quantitative estimate of drug-likeness (QED) is 0.342. The second kappa shape index (κ2) is 9.93. The smallest absolute Gasteiger partial charge is 0.191 e. The van der Waals surface area contributed by atoms with E-state index in [9.17, 15) is 0 Å². The summed E-state index contributed by atoms with van der Waals surface area (Å²) >= 11 is 0. The Morgan fingerprint density at radius 2 is 1.87 bits per heavy atom. The first-order valence-electron chi connectivity index (χ1n) is 10.8. The van der Waals surface area contributed by atoms with Gasteiger partial charge in [0.05, 0.1) is 16.7 Å². The van der Waals surface area contributed by atoms with Crippen molar-refractivity contribution in [1.82, 2.24) is 30.0 Å². The predicted molar refractivity (Wildman–Crippen MR) is 126 cm³/mol. The van der Waals surface area contributed by atoms with Crippen molar-refractivity contribution in [3.8, 4) is 5.69 Å². The van der Waals surface area contributed by atoms with Crippen LogP contribution in [0, 0.1) is 6.92 Å². The number of fused-ring (bicyclic) bond motifs is 1. The number of aryl methyl sites for hydroxylation is 1. The van der Waals surface area contributed by atoms with Crippen LogP contribution in [0.3, 0.4) is 0 Å². The molecule has 4 rings (SSSR count). The molecule has 0 saturated heterocycles. The molecule has 0 unspecified atom stereocenters. The Morgan fingerprint density at radius 3 is 2.65 bits per heavy atom. The predicted octanol–water partition coefficient (Wildman–Crippen LogP) is 3.33. The highest BCUT2D eigenvalue weighted by Crippen LogP contribution is 2.14. The summed E-state index contributed by atoms with van der Waals surface area (Å²) in [5.41, 5.74) is 4.53. The summed E-state index contributed by atoms with van der Waals surface area (Å²) in [5.74, 6) is 1.88. The summed E-state index contributed by atoms with van der Waals surface area (Å²) in [6.45, 7) is 7.31. The highest BCUT2D eigenvalue weighted by molar-refractivity contribution is 5.79. The lowest BCUT2D eigenvalue weighted by Crippen LogP contribution is -2.39. The third-order valence-electron chi connectivity index (χ3n) is 5.19. The van der Waals surface area contributed by atoms with E-state index in [0.717, 1.165) is 55.6 Å². The minimum atomic E-state index is 0.726. The molecule has 7 nitrogen and oxygen atoms in total. The number of hydrogen-bond donors (Lipinski definition) is 2. The van der Waals surface area contributed by atoms with Crippen LogP contribution >= 0.6 is 0 Å². The molecule has 0 aliphatic carbocycles. The van der Waals surface area contributed by atoms with Gasteiger partial charge in [0.2, 0.25) is 0 Å². The third kappa shape index (κ3) is 5.12. The summed E-state index contributed by atoms with van der Waals surface area (Å²) in [7, 11) is 0. The maximum absolute atomic E-state index is 4.74. The second-order valence-corrected chi connectivity index (χ2v) is 7.35. The molecule has 2 aromatic carbocycles. The van der Waals surface area contributed by atoms with Crippen molar-refractivity contribution >= 4 is 17.0 Å². The minimum absolute atomic E-state index is 0.726. The van der Waals surface area contributed by atoms with Crippen LogP contribution in [0.1, 0.15) is 18.3 Å². The maximum atomic E-state index is 4.74. The molecule has 0 radical (unpaired) electrons. The van der Waals surface area contributed by atoms with Crippen LogP contribution in [0.15, 0.2) is 72.0 Å². The highest BCUT2D eigenvalue weighted by atomic mass is 15.3. The molecule has 2 heterocycles. The summed E-state index contributed by atoms with van der Waals surface area (Å²) < 4.78 is 4.10. The molecule has 4 aromatic rings. The van der Waals surface area contributed by atoms with Crippen LogP contribution in [-0.4, -0.2) is 44.9 Å². The maximum Gasteiger partial charge on any atom is 0.191 e. The lowest BCUT2D eigenvalue weighted by atomic mass is 10.1. The number of aromatic nitrogens is 4. The number of benzene rings is 2. The number of nitrogens with one attached hydrogen (secondary N) is 2. The molecule has 0 spiro atoms. The fraction of sp³-hybridized carbons (Fsp3) is 0.292. The molecule has 0 aliphatic heterocycles. The van der Waals surface area contributed by atoms with E-state index in [1.54, 1.807) is 6.20 Å². The van der Waals surface area contributed by atoms with Gasteiger partial charge in [0, 0.05) is 38.6 Å². The van der Waals surface area contributed by atoms with Gasteiger partial charge in [-0.25, -0.2) is 9.67 Å². The van der Waals surface area contributed by atoms with E-state index in [0.29, 0.717) is 0 Å². The summed E-state index contributed by atoms with van der Waals surface area (Å²) in [4.78, 5) is 9.37. The molecule has 0 bridgehead atoms.